The molecular formula is C15H10ClFN4O2S. The number of hydrogen-bond donors (Lipinski definition) is 2. The molecule has 2 amide bonds. The predicted molar refractivity (Wildman–Crippen MR) is 91.1 cm³/mol. The molecule has 0 bridgehead atoms. The molecule has 0 spiro atoms. The molecule has 0 fully saturated rings. The number of benzene rings is 1. The molecule has 1 aromatic carbocycles. The van der Waals surface area contributed by atoms with Crippen LogP contribution in [0.1, 0.15) is 17.3 Å². The zero-order chi connectivity index (χ0) is 17.3. The summed E-state index contributed by atoms with van der Waals surface area (Å²) < 4.78 is 14.1. The SMILES string of the molecule is CC(=O)Nc1nc2cc(NC(=O)c3cc(F)cnc3Cl)ccc2s1. The van der Waals surface area contributed by atoms with Gasteiger partial charge in [-0.05, 0) is 24.3 Å². The standard InChI is InChI=1S/C15H10ClFN4O2S/c1-7(22)19-15-21-11-5-9(2-3-12(11)24-15)20-14(23)10-4-8(17)6-18-13(10)16/h2-6H,1H3,(H,20,23)(H,19,21,22). The number of halogens is 2. The highest BCUT2D eigenvalue weighted by molar-refractivity contribution is 7.22. The van der Waals surface area contributed by atoms with Gasteiger partial charge in [0.05, 0.1) is 22.0 Å². The highest BCUT2D eigenvalue weighted by Gasteiger charge is 2.14. The van der Waals surface area contributed by atoms with E-state index >= 15 is 0 Å². The summed E-state index contributed by atoms with van der Waals surface area (Å²) in [7, 11) is 0. The minimum atomic E-state index is -0.653. The first-order valence-electron chi connectivity index (χ1n) is 6.73. The number of nitrogens with one attached hydrogen (secondary N) is 2. The Morgan fingerprint density at radius 1 is 1.25 bits per heavy atom. The number of pyridine rings is 1. The highest BCUT2D eigenvalue weighted by atomic mass is 35.5. The van der Waals surface area contributed by atoms with Gasteiger partial charge in [-0.2, -0.15) is 0 Å². The Bertz CT molecular complexity index is 960. The van der Waals surface area contributed by atoms with Gasteiger partial charge in [0.2, 0.25) is 5.91 Å². The maximum absolute atomic E-state index is 13.2. The van der Waals surface area contributed by atoms with Crippen LogP contribution in [0.5, 0.6) is 0 Å². The van der Waals surface area contributed by atoms with Gasteiger partial charge in [0, 0.05) is 12.6 Å². The van der Waals surface area contributed by atoms with Crippen molar-refractivity contribution in [3.8, 4) is 0 Å². The van der Waals surface area contributed by atoms with E-state index in [1.807, 2.05) is 0 Å². The van der Waals surface area contributed by atoms with Gasteiger partial charge >= 0.3 is 0 Å². The molecule has 24 heavy (non-hydrogen) atoms. The van der Waals surface area contributed by atoms with Crippen LogP contribution in [0.4, 0.5) is 15.2 Å². The van der Waals surface area contributed by atoms with Crippen molar-refractivity contribution in [2.45, 2.75) is 6.92 Å². The molecule has 0 aliphatic carbocycles. The summed E-state index contributed by atoms with van der Waals surface area (Å²) in [6, 6.07) is 6.10. The zero-order valence-electron chi connectivity index (χ0n) is 12.3. The summed E-state index contributed by atoms with van der Waals surface area (Å²) in [6.45, 7) is 1.40. The number of rotatable bonds is 3. The minimum Gasteiger partial charge on any atom is -0.322 e. The quantitative estimate of drug-likeness (QED) is 0.694. The lowest BCUT2D eigenvalue weighted by Crippen LogP contribution is -2.13. The van der Waals surface area contributed by atoms with Gasteiger partial charge < -0.3 is 10.6 Å². The first-order valence-corrected chi connectivity index (χ1v) is 7.92. The van der Waals surface area contributed by atoms with Crippen molar-refractivity contribution in [2.75, 3.05) is 10.6 Å². The largest absolute Gasteiger partial charge is 0.322 e. The smallest absolute Gasteiger partial charge is 0.258 e. The van der Waals surface area contributed by atoms with Crippen molar-refractivity contribution < 1.29 is 14.0 Å². The normalized spacial score (nSPS) is 10.6. The molecule has 2 heterocycles. The van der Waals surface area contributed by atoms with Crippen LogP contribution in [0, 0.1) is 5.82 Å². The summed E-state index contributed by atoms with van der Waals surface area (Å²) in [5, 5.41) is 5.61. The summed E-state index contributed by atoms with van der Waals surface area (Å²) in [5.74, 6) is -1.45. The molecular weight excluding hydrogens is 355 g/mol. The summed E-state index contributed by atoms with van der Waals surface area (Å²) in [6.07, 6.45) is 0.935. The third kappa shape index (κ3) is 3.50. The van der Waals surface area contributed by atoms with E-state index in [0.717, 1.165) is 17.0 Å². The third-order valence-electron chi connectivity index (χ3n) is 2.98. The molecule has 0 saturated carbocycles. The van der Waals surface area contributed by atoms with E-state index in [0.29, 0.717) is 16.3 Å². The maximum Gasteiger partial charge on any atom is 0.258 e. The number of anilines is 2. The van der Waals surface area contributed by atoms with Crippen molar-refractivity contribution in [3.05, 3.63) is 47.0 Å². The number of carbonyl (C=O) groups is 2. The van der Waals surface area contributed by atoms with E-state index < -0.39 is 11.7 Å². The molecule has 122 valence electrons. The van der Waals surface area contributed by atoms with Crippen LogP contribution in [-0.2, 0) is 4.79 Å². The van der Waals surface area contributed by atoms with Crippen molar-refractivity contribution in [2.24, 2.45) is 0 Å². The van der Waals surface area contributed by atoms with Crippen LogP contribution in [0.3, 0.4) is 0 Å². The average molecular weight is 365 g/mol. The molecule has 3 aromatic rings. The summed E-state index contributed by atoms with van der Waals surface area (Å²) >= 11 is 7.13. The van der Waals surface area contributed by atoms with E-state index in [2.05, 4.69) is 20.6 Å². The third-order valence-corrected chi connectivity index (χ3v) is 4.23. The number of carbonyl (C=O) groups excluding carboxylic acids is 2. The van der Waals surface area contributed by atoms with Crippen molar-refractivity contribution in [3.63, 3.8) is 0 Å². The molecule has 0 radical (unpaired) electrons. The first kappa shape index (κ1) is 16.3. The van der Waals surface area contributed by atoms with Crippen LogP contribution >= 0.6 is 22.9 Å². The van der Waals surface area contributed by atoms with Gasteiger partial charge in [-0.25, -0.2) is 14.4 Å². The maximum atomic E-state index is 13.2. The molecule has 9 heteroatoms. The number of thiazole rings is 1. The Morgan fingerprint density at radius 2 is 2.04 bits per heavy atom. The van der Waals surface area contributed by atoms with Gasteiger partial charge in [0.15, 0.2) is 5.13 Å². The highest BCUT2D eigenvalue weighted by Crippen LogP contribution is 2.28. The number of fused-ring (bicyclic) bond motifs is 1. The lowest BCUT2D eigenvalue weighted by Gasteiger charge is -2.06. The second kappa shape index (κ2) is 6.50. The lowest BCUT2D eigenvalue weighted by molar-refractivity contribution is -0.114. The summed E-state index contributed by atoms with van der Waals surface area (Å²) in [4.78, 5) is 31.1. The molecule has 3 rings (SSSR count). The summed E-state index contributed by atoms with van der Waals surface area (Å²) in [5.41, 5.74) is 1.02. The van der Waals surface area contributed by atoms with Crippen LogP contribution in [0.15, 0.2) is 30.5 Å². The predicted octanol–water partition coefficient (Wildman–Crippen LogP) is 3.69. The fraction of sp³-hybridized carbons (Fsp3) is 0.0667. The first-order chi connectivity index (χ1) is 11.4. The Balaban J connectivity index is 1.85. The zero-order valence-corrected chi connectivity index (χ0v) is 13.8. The molecule has 0 unspecified atom stereocenters. The second-order valence-corrected chi connectivity index (χ2v) is 6.22. The molecule has 6 nitrogen and oxygen atoms in total. The number of aromatic nitrogens is 2. The fourth-order valence-corrected chi connectivity index (χ4v) is 3.07. The van der Waals surface area contributed by atoms with Crippen LogP contribution in [-0.4, -0.2) is 21.8 Å². The van der Waals surface area contributed by atoms with Gasteiger partial charge in [0.1, 0.15) is 11.0 Å². The van der Waals surface area contributed by atoms with Crippen LogP contribution in [0.25, 0.3) is 10.2 Å². The Labute approximate surface area is 144 Å². The average Bonchev–Trinajstić information content (AvgIpc) is 2.90. The number of nitrogens with zero attached hydrogens (tertiary/aromatic N) is 2. The van der Waals surface area contributed by atoms with Crippen molar-refractivity contribution in [1.29, 1.82) is 0 Å². The Morgan fingerprint density at radius 3 is 2.79 bits per heavy atom. The Hall–Kier alpha value is -2.58. The molecule has 0 aliphatic rings. The lowest BCUT2D eigenvalue weighted by atomic mass is 10.2. The minimum absolute atomic E-state index is 0.0611. The number of hydrogen-bond acceptors (Lipinski definition) is 5. The molecule has 2 aromatic heterocycles. The monoisotopic (exact) mass is 364 g/mol. The van der Waals surface area contributed by atoms with E-state index in [9.17, 15) is 14.0 Å². The van der Waals surface area contributed by atoms with Gasteiger partial charge in [-0.1, -0.05) is 22.9 Å². The molecule has 0 saturated heterocycles. The van der Waals surface area contributed by atoms with Crippen molar-refractivity contribution >= 4 is 55.8 Å². The molecule has 0 atom stereocenters. The van der Waals surface area contributed by atoms with E-state index in [-0.39, 0.29) is 16.6 Å². The fourth-order valence-electron chi connectivity index (χ4n) is 1.99. The van der Waals surface area contributed by atoms with Gasteiger partial charge in [0.25, 0.3) is 5.91 Å². The number of amides is 2. The van der Waals surface area contributed by atoms with E-state index in [1.54, 1.807) is 18.2 Å². The molecule has 2 N–H and O–H groups in total. The second-order valence-electron chi connectivity index (χ2n) is 4.83. The molecule has 0 aliphatic heterocycles. The van der Waals surface area contributed by atoms with Crippen molar-refractivity contribution in [1.82, 2.24) is 9.97 Å². The van der Waals surface area contributed by atoms with E-state index in [4.69, 9.17) is 11.6 Å². The topological polar surface area (TPSA) is 84.0 Å². The Kier molecular flexibility index (Phi) is 4.41. The van der Waals surface area contributed by atoms with Crippen LogP contribution in [0.2, 0.25) is 5.15 Å². The van der Waals surface area contributed by atoms with Gasteiger partial charge in [-0.15, -0.1) is 0 Å². The van der Waals surface area contributed by atoms with Gasteiger partial charge in [-0.3, -0.25) is 9.59 Å². The van der Waals surface area contributed by atoms with Crippen LogP contribution < -0.4 is 10.6 Å². The van der Waals surface area contributed by atoms with E-state index in [1.165, 1.54) is 18.3 Å².